The summed E-state index contributed by atoms with van der Waals surface area (Å²) in [5.74, 6) is 1.32. The first-order chi connectivity index (χ1) is 13.0. The zero-order valence-electron chi connectivity index (χ0n) is 15.3. The predicted octanol–water partition coefficient (Wildman–Crippen LogP) is 4.03. The molecule has 0 aliphatic carbocycles. The Hall–Kier alpha value is -2.93. The van der Waals surface area contributed by atoms with Gasteiger partial charge in [0.1, 0.15) is 17.2 Å². The molecule has 140 valence electrons. The second-order valence-electron chi connectivity index (χ2n) is 5.68. The van der Waals surface area contributed by atoms with Gasteiger partial charge in [0.05, 0.1) is 24.8 Å². The molecule has 1 aliphatic heterocycles. The summed E-state index contributed by atoms with van der Waals surface area (Å²) in [6.07, 6.45) is 1.79. The molecule has 27 heavy (non-hydrogen) atoms. The molecule has 7 heteroatoms. The number of aliphatic imine (C=N–C) groups is 1. The fraction of sp³-hybridized carbons (Fsp3) is 0.200. The average Bonchev–Trinajstić information content (AvgIpc) is 2.96. The minimum atomic E-state index is -0.112. The Balaban J connectivity index is 1.96. The van der Waals surface area contributed by atoms with Crippen molar-refractivity contribution in [1.82, 2.24) is 4.90 Å². The third-order valence-electron chi connectivity index (χ3n) is 3.99. The van der Waals surface area contributed by atoms with Crippen LogP contribution in [0.5, 0.6) is 17.2 Å². The number of nitrogens with zero attached hydrogens (tertiary/aromatic N) is 2. The van der Waals surface area contributed by atoms with Crippen LogP contribution in [-0.2, 0) is 4.79 Å². The molecule has 0 unspecified atom stereocenters. The summed E-state index contributed by atoms with van der Waals surface area (Å²) in [7, 11) is 3.17. The standard InChI is InChI=1S/C20H20N2O4S/c1-4-22-19(24)18(10-13-8-9-16(25-2)12-17(13)26-3)27-20(22)21-14-6-5-7-15(23)11-14/h5-12,23H,4H2,1-3H3/b18-10-,21-20?. The summed E-state index contributed by atoms with van der Waals surface area (Å²) in [4.78, 5) is 19.5. The van der Waals surface area contributed by atoms with E-state index in [0.717, 1.165) is 5.56 Å². The number of amides is 1. The molecule has 2 aromatic carbocycles. The number of amidine groups is 1. The first-order valence-corrected chi connectivity index (χ1v) is 9.18. The van der Waals surface area contributed by atoms with Gasteiger partial charge in [0.25, 0.3) is 5.91 Å². The van der Waals surface area contributed by atoms with Crippen LogP contribution in [0.4, 0.5) is 5.69 Å². The maximum absolute atomic E-state index is 12.8. The van der Waals surface area contributed by atoms with Crippen LogP contribution in [0.3, 0.4) is 0 Å². The zero-order chi connectivity index (χ0) is 19.4. The van der Waals surface area contributed by atoms with Gasteiger partial charge in [-0.05, 0) is 49.0 Å². The summed E-state index contributed by atoms with van der Waals surface area (Å²) < 4.78 is 10.6. The van der Waals surface area contributed by atoms with Crippen molar-refractivity contribution in [2.45, 2.75) is 6.92 Å². The van der Waals surface area contributed by atoms with Gasteiger partial charge in [0.15, 0.2) is 5.17 Å². The highest BCUT2D eigenvalue weighted by molar-refractivity contribution is 8.18. The number of methoxy groups -OCH3 is 2. The SMILES string of the molecule is CCN1C(=O)/C(=C/c2ccc(OC)cc2OC)SC1=Nc1cccc(O)c1. The van der Waals surface area contributed by atoms with Crippen LogP contribution in [0.25, 0.3) is 6.08 Å². The number of hydrogen-bond donors (Lipinski definition) is 1. The number of thioether (sulfide) groups is 1. The number of carbonyl (C=O) groups is 1. The van der Waals surface area contributed by atoms with Crippen LogP contribution < -0.4 is 9.47 Å². The van der Waals surface area contributed by atoms with E-state index in [1.54, 1.807) is 55.5 Å². The van der Waals surface area contributed by atoms with Crippen LogP contribution in [0, 0.1) is 0 Å². The summed E-state index contributed by atoms with van der Waals surface area (Å²) in [5, 5.41) is 10.2. The van der Waals surface area contributed by atoms with E-state index in [0.29, 0.717) is 33.8 Å². The molecule has 1 amide bonds. The molecule has 0 spiro atoms. The molecular formula is C20H20N2O4S. The molecule has 1 heterocycles. The first-order valence-electron chi connectivity index (χ1n) is 8.37. The Morgan fingerprint density at radius 1 is 1.19 bits per heavy atom. The van der Waals surface area contributed by atoms with E-state index in [-0.39, 0.29) is 11.7 Å². The minimum Gasteiger partial charge on any atom is -0.508 e. The number of carbonyl (C=O) groups excluding carboxylic acids is 1. The predicted molar refractivity (Wildman–Crippen MR) is 108 cm³/mol. The number of phenolic OH excluding ortho intramolecular Hbond substituents is 1. The highest BCUT2D eigenvalue weighted by atomic mass is 32.2. The van der Waals surface area contributed by atoms with Gasteiger partial charge >= 0.3 is 0 Å². The minimum absolute atomic E-state index is 0.112. The Morgan fingerprint density at radius 3 is 2.67 bits per heavy atom. The van der Waals surface area contributed by atoms with Crippen molar-refractivity contribution in [2.75, 3.05) is 20.8 Å². The lowest BCUT2D eigenvalue weighted by molar-refractivity contribution is -0.122. The van der Waals surface area contributed by atoms with Crippen molar-refractivity contribution in [3.8, 4) is 17.2 Å². The third kappa shape index (κ3) is 4.09. The maximum atomic E-state index is 12.8. The Morgan fingerprint density at radius 2 is 2.00 bits per heavy atom. The highest BCUT2D eigenvalue weighted by Crippen LogP contribution is 2.36. The molecule has 1 fully saturated rings. The highest BCUT2D eigenvalue weighted by Gasteiger charge is 2.32. The fourth-order valence-corrected chi connectivity index (χ4v) is 3.68. The lowest BCUT2D eigenvalue weighted by Gasteiger charge is -2.12. The van der Waals surface area contributed by atoms with Crippen molar-refractivity contribution in [1.29, 1.82) is 0 Å². The molecule has 1 saturated heterocycles. The van der Waals surface area contributed by atoms with E-state index >= 15 is 0 Å². The van der Waals surface area contributed by atoms with E-state index < -0.39 is 0 Å². The Labute approximate surface area is 162 Å². The maximum Gasteiger partial charge on any atom is 0.266 e. The van der Waals surface area contributed by atoms with E-state index in [1.165, 1.54) is 11.8 Å². The lowest BCUT2D eigenvalue weighted by Crippen LogP contribution is -2.28. The second-order valence-corrected chi connectivity index (χ2v) is 6.69. The van der Waals surface area contributed by atoms with Gasteiger partial charge in [-0.15, -0.1) is 0 Å². The van der Waals surface area contributed by atoms with Crippen LogP contribution in [0.2, 0.25) is 0 Å². The number of ether oxygens (including phenoxy) is 2. The monoisotopic (exact) mass is 384 g/mol. The molecule has 1 aliphatic rings. The topological polar surface area (TPSA) is 71.4 Å². The van der Waals surface area contributed by atoms with Crippen molar-refractivity contribution in [2.24, 2.45) is 4.99 Å². The van der Waals surface area contributed by atoms with E-state index in [9.17, 15) is 9.90 Å². The molecular weight excluding hydrogens is 364 g/mol. The number of rotatable bonds is 5. The number of phenols is 1. The molecule has 3 rings (SSSR count). The van der Waals surface area contributed by atoms with E-state index in [4.69, 9.17) is 9.47 Å². The third-order valence-corrected chi connectivity index (χ3v) is 4.99. The Kier molecular flexibility index (Phi) is 5.71. The molecule has 0 aromatic heterocycles. The van der Waals surface area contributed by atoms with E-state index in [2.05, 4.69) is 4.99 Å². The molecule has 0 radical (unpaired) electrons. The molecule has 0 bridgehead atoms. The van der Waals surface area contributed by atoms with E-state index in [1.807, 2.05) is 19.1 Å². The van der Waals surface area contributed by atoms with Crippen LogP contribution in [0.1, 0.15) is 12.5 Å². The van der Waals surface area contributed by atoms with Gasteiger partial charge in [0.2, 0.25) is 0 Å². The number of hydrogen-bond acceptors (Lipinski definition) is 6. The van der Waals surface area contributed by atoms with Crippen molar-refractivity contribution in [3.05, 3.63) is 52.9 Å². The molecule has 0 saturated carbocycles. The Bertz CT molecular complexity index is 924. The van der Waals surface area contributed by atoms with Gasteiger partial charge in [-0.1, -0.05) is 6.07 Å². The van der Waals surface area contributed by atoms with Gasteiger partial charge in [-0.2, -0.15) is 0 Å². The number of aromatic hydroxyl groups is 1. The molecule has 0 atom stereocenters. The first kappa shape index (κ1) is 18.8. The molecule has 6 nitrogen and oxygen atoms in total. The van der Waals surface area contributed by atoms with Crippen LogP contribution >= 0.6 is 11.8 Å². The summed E-state index contributed by atoms with van der Waals surface area (Å²) >= 11 is 1.30. The second kappa shape index (κ2) is 8.18. The average molecular weight is 384 g/mol. The normalized spacial score (nSPS) is 17.0. The zero-order valence-corrected chi connectivity index (χ0v) is 16.1. The number of benzene rings is 2. The van der Waals surface area contributed by atoms with Crippen molar-refractivity contribution in [3.63, 3.8) is 0 Å². The van der Waals surface area contributed by atoms with Gasteiger partial charge in [-0.25, -0.2) is 4.99 Å². The largest absolute Gasteiger partial charge is 0.508 e. The molecule has 1 N–H and O–H groups in total. The smallest absolute Gasteiger partial charge is 0.266 e. The van der Waals surface area contributed by atoms with Crippen molar-refractivity contribution >= 4 is 34.6 Å². The van der Waals surface area contributed by atoms with Crippen LogP contribution in [0.15, 0.2) is 52.4 Å². The lowest BCUT2D eigenvalue weighted by atomic mass is 10.1. The fourth-order valence-electron chi connectivity index (χ4n) is 2.62. The quantitative estimate of drug-likeness (QED) is 0.788. The number of likely N-dealkylation sites (N-methyl/N-ethyl adjacent to an activating group) is 1. The van der Waals surface area contributed by atoms with Gasteiger partial charge in [0, 0.05) is 24.2 Å². The van der Waals surface area contributed by atoms with Crippen molar-refractivity contribution < 1.29 is 19.4 Å². The van der Waals surface area contributed by atoms with Gasteiger partial charge < -0.3 is 14.6 Å². The summed E-state index contributed by atoms with van der Waals surface area (Å²) in [5.41, 5.74) is 1.37. The summed E-state index contributed by atoms with van der Waals surface area (Å²) in [6, 6.07) is 12.1. The van der Waals surface area contributed by atoms with Crippen LogP contribution in [-0.4, -0.2) is 41.8 Å². The molecule has 2 aromatic rings. The summed E-state index contributed by atoms with van der Waals surface area (Å²) in [6.45, 7) is 2.40. The van der Waals surface area contributed by atoms with Gasteiger partial charge in [-0.3, -0.25) is 9.69 Å².